The summed E-state index contributed by atoms with van der Waals surface area (Å²) in [5, 5.41) is 11.9. The molecule has 110 valence electrons. The van der Waals surface area contributed by atoms with E-state index in [9.17, 15) is 9.90 Å². The molecule has 0 heterocycles. The van der Waals surface area contributed by atoms with Crippen molar-refractivity contribution in [3.63, 3.8) is 0 Å². The second-order valence-electron chi connectivity index (χ2n) is 4.67. The molecule has 0 aliphatic heterocycles. The summed E-state index contributed by atoms with van der Waals surface area (Å²) in [5.74, 6) is 0.213. The first kappa shape index (κ1) is 14.9. The third kappa shape index (κ3) is 3.97. The molecule has 21 heavy (non-hydrogen) atoms. The molecule has 0 bridgehead atoms. The van der Waals surface area contributed by atoms with Crippen LogP contribution in [-0.2, 0) is 11.4 Å². The lowest BCUT2D eigenvalue weighted by atomic mass is 10.2. The number of nitrogens with two attached hydrogens (primary N) is 1. The summed E-state index contributed by atoms with van der Waals surface area (Å²) in [4.78, 5) is 11.8. The zero-order valence-corrected chi connectivity index (χ0v) is 11.8. The summed E-state index contributed by atoms with van der Waals surface area (Å²) in [6.45, 7) is 1.63. The van der Waals surface area contributed by atoms with Crippen molar-refractivity contribution in [3.8, 4) is 5.75 Å². The van der Waals surface area contributed by atoms with Crippen LogP contribution in [0.5, 0.6) is 5.75 Å². The van der Waals surface area contributed by atoms with Crippen molar-refractivity contribution in [1.29, 1.82) is 0 Å². The minimum Gasteiger partial charge on any atom is -0.483 e. The Morgan fingerprint density at radius 1 is 1.29 bits per heavy atom. The Morgan fingerprint density at radius 3 is 2.76 bits per heavy atom. The molecule has 0 radical (unpaired) electrons. The van der Waals surface area contributed by atoms with Gasteiger partial charge < -0.3 is 20.9 Å². The molecule has 4 N–H and O–H groups in total. The molecule has 0 saturated heterocycles. The molecule has 5 heteroatoms. The molecule has 0 aromatic heterocycles. The van der Waals surface area contributed by atoms with E-state index in [1.165, 1.54) is 0 Å². The van der Waals surface area contributed by atoms with Crippen molar-refractivity contribution in [3.05, 3.63) is 53.6 Å². The Kier molecular flexibility index (Phi) is 4.79. The van der Waals surface area contributed by atoms with Crippen molar-refractivity contribution in [2.75, 3.05) is 17.7 Å². The van der Waals surface area contributed by atoms with Crippen LogP contribution in [0.25, 0.3) is 0 Å². The lowest BCUT2D eigenvalue weighted by Gasteiger charge is -2.11. The number of amides is 1. The third-order valence-corrected chi connectivity index (χ3v) is 3.06. The summed E-state index contributed by atoms with van der Waals surface area (Å²) < 4.78 is 5.41. The molecular weight excluding hydrogens is 268 g/mol. The van der Waals surface area contributed by atoms with Gasteiger partial charge in [0.1, 0.15) is 5.75 Å². The first-order valence-corrected chi connectivity index (χ1v) is 6.57. The second kappa shape index (κ2) is 6.76. The largest absolute Gasteiger partial charge is 0.483 e. The fourth-order valence-electron chi connectivity index (χ4n) is 1.83. The van der Waals surface area contributed by atoms with E-state index >= 15 is 0 Å². The molecule has 2 aromatic carbocycles. The summed E-state index contributed by atoms with van der Waals surface area (Å²) in [6, 6.07) is 12.4. The van der Waals surface area contributed by atoms with Crippen LogP contribution in [0.1, 0.15) is 11.1 Å². The minimum atomic E-state index is -0.286. The summed E-state index contributed by atoms with van der Waals surface area (Å²) >= 11 is 0. The van der Waals surface area contributed by atoms with Gasteiger partial charge in [0.25, 0.3) is 5.91 Å². The third-order valence-electron chi connectivity index (χ3n) is 3.06. The molecule has 0 aliphatic rings. The maximum absolute atomic E-state index is 11.8. The predicted molar refractivity (Wildman–Crippen MR) is 82.1 cm³/mol. The van der Waals surface area contributed by atoms with E-state index in [1.807, 2.05) is 13.0 Å². The van der Waals surface area contributed by atoms with Gasteiger partial charge in [0.05, 0.1) is 6.61 Å². The average Bonchev–Trinajstić information content (AvgIpc) is 2.49. The maximum atomic E-state index is 11.8. The summed E-state index contributed by atoms with van der Waals surface area (Å²) in [7, 11) is 0. The molecule has 2 aromatic rings. The van der Waals surface area contributed by atoms with Gasteiger partial charge in [-0.1, -0.05) is 24.3 Å². The monoisotopic (exact) mass is 286 g/mol. The number of anilines is 2. The Morgan fingerprint density at radius 2 is 2.05 bits per heavy atom. The van der Waals surface area contributed by atoms with Crippen molar-refractivity contribution in [2.24, 2.45) is 0 Å². The van der Waals surface area contributed by atoms with Crippen LogP contribution in [0.2, 0.25) is 0 Å². The van der Waals surface area contributed by atoms with Gasteiger partial charge in [-0.2, -0.15) is 0 Å². The quantitative estimate of drug-likeness (QED) is 0.735. The van der Waals surface area contributed by atoms with Crippen molar-refractivity contribution < 1.29 is 14.6 Å². The molecule has 0 spiro atoms. The molecular formula is C16H18N2O3. The van der Waals surface area contributed by atoms with Gasteiger partial charge in [-0.15, -0.1) is 0 Å². The number of nitrogens with one attached hydrogen (secondary N) is 1. The number of para-hydroxylation sites is 1. The number of carbonyl (C=O) groups excluding carboxylic acids is 1. The number of rotatable bonds is 5. The molecule has 0 aliphatic carbocycles. The van der Waals surface area contributed by atoms with E-state index in [0.717, 1.165) is 5.56 Å². The zero-order chi connectivity index (χ0) is 15.2. The van der Waals surface area contributed by atoms with Gasteiger partial charge in [-0.25, -0.2) is 0 Å². The number of ether oxygens (including phenoxy) is 1. The number of carbonyl (C=O) groups is 1. The number of hydrogen-bond acceptors (Lipinski definition) is 4. The summed E-state index contributed by atoms with van der Waals surface area (Å²) in [6.07, 6.45) is 0. The minimum absolute atomic E-state index is 0.133. The van der Waals surface area contributed by atoms with Crippen LogP contribution < -0.4 is 15.8 Å². The average molecular weight is 286 g/mol. The van der Waals surface area contributed by atoms with E-state index < -0.39 is 0 Å². The van der Waals surface area contributed by atoms with E-state index in [4.69, 9.17) is 10.5 Å². The van der Waals surface area contributed by atoms with E-state index in [1.54, 1.807) is 36.4 Å². The van der Waals surface area contributed by atoms with E-state index in [0.29, 0.717) is 22.7 Å². The summed E-state index contributed by atoms with van der Waals surface area (Å²) in [5.41, 5.74) is 8.64. The molecule has 1 amide bonds. The zero-order valence-electron chi connectivity index (χ0n) is 11.8. The first-order chi connectivity index (χ1) is 10.1. The van der Waals surface area contributed by atoms with Gasteiger partial charge >= 0.3 is 0 Å². The number of hydrogen-bond donors (Lipinski definition) is 3. The number of nitrogen functional groups attached to an aromatic ring is 1. The van der Waals surface area contributed by atoms with Gasteiger partial charge in [0, 0.05) is 16.9 Å². The van der Waals surface area contributed by atoms with Crippen molar-refractivity contribution >= 4 is 17.3 Å². The Labute approximate surface area is 123 Å². The molecule has 2 rings (SSSR count). The highest BCUT2D eigenvalue weighted by atomic mass is 16.5. The van der Waals surface area contributed by atoms with Crippen LogP contribution >= 0.6 is 0 Å². The number of aliphatic hydroxyl groups is 1. The van der Waals surface area contributed by atoms with Gasteiger partial charge in [0.15, 0.2) is 6.61 Å². The van der Waals surface area contributed by atoms with Gasteiger partial charge in [-0.3, -0.25) is 4.79 Å². The Balaban J connectivity index is 1.94. The van der Waals surface area contributed by atoms with Crippen LogP contribution in [-0.4, -0.2) is 17.6 Å². The smallest absolute Gasteiger partial charge is 0.262 e. The van der Waals surface area contributed by atoms with Crippen LogP contribution in [0.3, 0.4) is 0 Å². The van der Waals surface area contributed by atoms with Crippen LogP contribution in [0.4, 0.5) is 11.4 Å². The van der Waals surface area contributed by atoms with Crippen molar-refractivity contribution in [1.82, 2.24) is 0 Å². The highest BCUT2D eigenvalue weighted by Crippen LogP contribution is 2.19. The lowest BCUT2D eigenvalue weighted by Crippen LogP contribution is -2.20. The highest BCUT2D eigenvalue weighted by molar-refractivity contribution is 5.92. The van der Waals surface area contributed by atoms with Crippen LogP contribution in [0, 0.1) is 6.92 Å². The SMILES string of the molecule is Cc1ccc(NC(=O)COc2ccccc2CO)cc1N. The topological polar surface area (TPSA) is 84.6 Å². The fourth-order valence-corrected chi connectivity index (χ4v) is 1.83. The Bertz CT molecular complexity index is 641. The molecule has 5 nitrogen and oxygen atoms in total. The molecule has 0 unspecified atom stereocenters. The maximum Gasteiger partial charge on any atom is 0.262 e. The standard InChI is InChI=1S/C16H18N2O3/c1-11-6-7-13(8-14(11)17)18-16(20)10-21-15-5-3-2-4-12(15)9-19/h2-8,19H,9-10,17H2,1H3,(H,18,20). The predicted octanol–water partition coefficient (Wildman–Crippen LogP) is 2.09. The Hall–Kier alpha value is -2.53. The second-order valence-corrected chi connectivity index (χ2v) is 4.67. The van der Waals surface area contributed by atoms with Crippen molar-refractivity contribution in [2.45, 2.75) is 13.5 Å². The number of benzene rings is 2. The van der Waals surface area contributed by atoms with Gasteiger partial charge in [-0.05, 0) is 30.7 Å². The first-order valence-electron chi connectivity index (χ1n) is 6.57. The fraction of sp³-hybridized carbons (Fsp3) is 0.188. The number of aliphatic hydroxyl groups excluding tert-OH is 1. The normalized spacial score (nSPS) is 10.2. The molecule has 0 saturated carbocycles. The van der Waals surface area contributed by atoms with Crippen LogP contribution in [0.15, 0.2) is 42.5 Å². The van der Waals surface area contributed by atoms with E-state index in [2.05, 4.69) is 5.32 Å². The van der Waals surface area contributed by atoms with Gasteiger partial charge in [0.2, 0.25) is 0 Å². The molecule has 0 fully saturated rings. The number of aryl methyl sites for hydroxylation is 1. The highest BCUT2D eigenvalue weighted by Gasteiger charge is 2.07. The van der Waals surface area contributed by atoms with E-state index in [-0.39, 0.29) is 19.1 Å². The lowest BCUT2D eigenvalue weighted by molar-refractivity contribution is -0.118. The molecule has 0 atom stereocenters.